The van der Waals surface area contributed by atoms with E-state index in [9.17, 15) is 22.8 Å². The van der Waals surface area contributed by atoms with Crippen molar-refractivity contribution in [1.82, 2.24) is 10.2 Å². The minimum Gasteiger partial charge on any atom is -0.475 e. The summed E-state index contributed by atoms with van der Waals surface area (Å²) in [6.07, 6.45) is -2.95. The fraction of sp³-hybridized carbons (Fsp3) is 0.375. The first-order chi connectivity index (χ1) is 16.6. The Bertz CT molecular complexity index is 1060. The number of piperidine rings is 1. The molecule has 0 bridgehead atoms. The molecular weight excluding hydrogens is 487 g/mol. The summed E-state index contributed by atoms with van der Waals surface area (Å²) in [5.41, 5.74) is 2.48. The van der Waals surface area contributed by atoms with Crippen molar-refractivity contribution in [3.63, 3.8) is 0 Å². The van der Waals surface area contributed by atoms with Crippen molar-refractivity contribution in [2.45, 2.75) is 25.6 Å². The largest absolute Gasteiger partial charge is 0.490 e. The summed E-state index contributed by atoms with van der Waals surface area (Å²) in [7, 11) is 0. The first-order valence-electron chi connectivity index (χ1n) is 11.0. The zero-order valence-corrected chi connectivity index (χ0v) is 19.5. The number of anilines is 1. The highest BCUT2D eigenvalue weighted by atomic mass is 35.5. The fourth-order valence-corrected chi connectivity index (χ4v) is 4.12. The SMILES string of the molecule is O=C(O)C(F)(F)F.O=C(c1ccc(Cl)cc1)N1CC(=O)N(CC2CCNCC2)c2ccccc2C1. The topological polar surface area (TPSA) is 90.0 Å². The van der Waals surface area contributed by atoms with E-state index in [0.717, 1.165) is 37.2 Å². The number of nitrogens with zero attached hydrogens (tertiary/aromatic N) is 2. The van der Waals surface area contributed by atoms with Crippen LogP contribution in [0.25, 0.3) is 0 Å². The maximum atomic E-state index is 13.1. The van der Waals surface area contributed by atoms with E-state index in [1.54, 1.807) is 29.2 Å². The van der Waals surface area contributed by atoms with Crippen molar-refractivity contribution < 1.29 is 32.7 Å². The highest BCUT2D eigenvalue weighted by Gasteiger charge is 2.38. The summed E-state index contributed by atoms with van der Waals surface area (Å²) < 4.78 is 31.7. The van der Waals surface area contributed by atoms with Gasteiger partial charge in [-0.3, -0.25) is 9.59 Å². The standard InChI is InChI=1S/C22H24ClN3O2.C2HF3O2/c23-19-7-5-17(6-8-19)22(28)25-14-18-3-1-2-4-20(18)26(21(27)15-25)13-16-9-11-24-12-10-16;3-2(4,5)1(6)7/h1-8,16,24H,9-15H2;(H,6,7). The molecule has 2 aromatic carbocycles. The van der Waals surface area contributed by atoms with E-state index < -0.39 is 12.1 Å². The lowest BCUT2D eigenvalue weighted by Crippen LogP contribution is -2.43. The van der Waals surface area contributed by atoms with E-state index in [1.165, 1.54) is 0 Å². The predicted octanol–water partition coefficient (Wildman–Crippen LogP) is 3.96. The van der Waals surface area contributed by atoms with Crippen LogP contribution in [-0.4, -0.2) is 60.1 Å². The molecule has 11 heteroatoms. The zero-order valence-electron chi connectivity index (χ0n) is 18.7. The lowest BCUT2D eigenvalue weighted by Gasteiger charge is -2.30. The van der Waals surface area contributed by atoms with Crippen molar-refractivity contribution >= 4 is 35.1 Å². The number of carbonyl (C=O) groups is 3. The van der Waals surface area contributed by atoms with E-state index in [-0.39, 0.29) is 18.4 Å². The Morgan fingerprint density at radius 2 is 1.63 bits per heavy atom. The van der Waals surface area contributed by atoms with Crippen LogP contribution in [0.2, 0.25) is 5.02 Å². The van der Waals surface area contributed by atoms with Gasteiger partial charge in [-0.1, -0.05) is 29.8 Å². The van der Waals surface area contributed by atoms with Crippen LogP contribution in [0.15, 0.2) is 48.5 Å². The number of carbonyl (C=O) groups excluding carboxylic acids is 2. The molecule has 2 N–H and O–H groups in total. The van der Waals surface area contributed by atoms with Crippen molar-refractivity contribution in [2.24, 2.45) is 5.92 Å². The van der Waals surface area contributed by atoms with Crippen LogP contribution in [0.3, 0.4) is 0 Å². The number of carboxylic acids is 1. The fourth-order valence-electron chi connectivity index (χ4n) is 3.99. The van der Waals surface area contributed by atoms with Crippen LogP contribution in [0.1, 0.15) is 28.8 Å². The molecule has 2 heterocycles. The second kappa shape index (κ2) is 11.5. The predicted molar refractivity (Wildman–Crippen MR) is 124 cm³/mol. The maximum absolute atomic E-state index is 13.1. The normalized spacial score (nSPS) is 16.6. The molecular formula is C24H25ClF3N3O4. The third-order valence-electron chi connectivity index (χ3n) is 5.79. The third-order valence-corrected chi connectivity index (χ3v) is 6.04. The smallest absolute Gasteiger partial charge is 0.475 e. The number of rotatable bonds is 3. The molecule has 0 unspecified atom stereocenters. The highest BCUT2D eigenvalue weighted by Crippen LogP contribution is 2.28. The first-order valence-corrected chi connectivity index (χ1v) is 11.4. The number of hydrogen-bond donors (Lipinski definition) is 2. The molecule has 2 aliphatic heterocycles. The van der Waals surface area contributed by atoms with Crippen molar-refractivity contribution in [1.29, 1.82) is 0 Å². The van der Waals surface area contributed by atoms with Gasteiger partial charge in [0.05, 0.1) is 0 Å². The van der Waals surface area contributed by atoms with E-state index in [1.807, 2.05) is 29.2 Å². The molecule has 188 valence electrons. The van der Waals surface area contributed by atoms with Gasteiger partial charge in [-0.05, 0) is 67.7 Å². The molecule has 0 atom stereocenters. The Kier molecular flexibility index (Phi) is 8.74. The van der Waals surface area contributed by atoms with E-state index in [0.29, 0.717) is 29.6 Å². The first kappa shape index (κ1) is 26.5. The molecule has 0 saturated carbocycles. The Balaban J connectivity index is 0.000000429. The van der Waals surface area contributed by atoms with Gasteiger partial charge in [0.25, 0.3) is 5.91 Å². The van der Waals surface area contributed by atoms with E-state index >= 15 is 0 Å². The van der Waals surface area contributed by atoms with Crippen molar-refractivity contribution in [3.05, 3.63) is 64.7 Å². The van der Waals surface area contributed by atoms with Crippen LogP contribution >= 0.6 is 11.6 Å². The minimum absolute atomic E-state index is 0.0224. The Labute approximate surface area is 205 Å². The van der Waals surface area contributed by atoms with Gasteiger partial charge < -0.3 is 20.2 Å². The van der Waals surface area contributed by atoms with Crippen molar-refractivity contribution in [2.75, 3.05) is 31.1 Å². The summed E-state index contributed by atoms with van der Waals surface area (Å²) in [5.74, 6) is -2.45. The van der Waals surface area contributed by atoms with Gasteiger partial charge in [-0.25, -0.2) is 4.79 Å². The second-order valence-electron chi connectivity index (χ2n) is 8.30. The molecule has 2 aliphatic rings. The number of fused-ring (bicyclic) bond motifs is 1. The molecule has 1 saturated heterocycles. The van der Waals surface area contributed by atoms with Crippen LogP contribution in [0, 0.1) is 5.92 Å². The second-order valence-corrected chi connectivity index (χ2v) is 8.73. The number of aliphatic carboxylic acids is 1. The number of para-hydroxylation sites is 1. The number of alkyl halides is 3. The van der Waals surface area contributed by atoms with Gasteiger partial charge in [-0.15, -0.1) is 0 Å². The molecule has 4 rings (SSSR count). The quantitative estimate of drug-likeness (QED) is 0.651. The van der Waals surface area contributed by atoms with E-state index in [4.69, 9.17) is 21.5 Å². The van der Waals surface area contributed by atoms with Crippen molar-refractivity contribution in [3.8, 4) is 0 Å². The van der Waals surface area contributed by atoms with Gasteiger partial charge in [0.15, 0.2) is 0 Å². The number of hydrogen-bond acceptors (Lipinski definition) is 4. The molecule has 2 amide bonds. The summed E-state index contributed by atoms with van der Waals surface area (Å²) in [6.45, 7) is 3.21. The molecule has 0 aliphatic carbocycles. The van der Waals surface area contributed by atoms with Gasteiger partial charge >= 0.3 is 12.1 Å². The van der Waals surface area contributed by atoms with Gasteiger partial charge in [0, 0.05) is 29.4 Å². The van der Waals surface area contributed by atoms with Gasteiger partial charge in [-0.2, -0.15) is 13.2 Å². The Morgan fingerprint density at radius 3 is 2.23 bits per heavy atom. The number of halogens is 4. The summed E-state index contributed by atoms with van der Waals surface area (Å²) >= 11 is 5.94. The van der Waals surface area contributed by atoms with E-state index in [2.05, 4.69) is 5.32 Å². The molecule has 2 aromatic rings. The monoisotopic (exact) mass is 511 g/mol. The lowest BCUT2D eigenvalue weighted by atomic mass is 9.97. The van der Waals surface area contributed by atoms with Gasteiger partial charge in [0.1, 0.15) is 6.54 Å². The number of amides is 2. The maximum Gasteiger partial charge on any atom is 0.490 e. The zero-order chi connectivity index (χ0) is 25.6. The average molecular weight is 512 g/mol. The number of nitrogens with one attached hydrogen (secondary N) is 1. The minimum atomic E-state index is -5.08. The third kappa shape index (κ3) is 7.19. The van der Waals surface area contributed by atoms with Crippen LogP contribution in [-0.2, 0) is 16.1 Å². The highest BCUT2D eigenvalue weighted by molar-refractivity contribution is 6.30. The molecule has 0 spiro atoms. The lowest BCUT2D eigenvalue weighted by molar-refractivity contribution is -0.192. The van der Waals surface area contributed by atoms with Crippen LogP contribution in [0.4, 0.5) is 18.9 Å². The Hall–Kier alpha value is -3.11. The molecule has 0 aromatic heterocycles. The summed E-state index contributed by atoms with van der Waals surface area (Å²) in [6, 6.07) is 14.7. The number of carboxylic acid groups (broad SMARTS) is 1. The van der Waals surface area contributed by atoms with Crippen LogP contribution < -0.4 is 10.2 Å². The number of benzene rings is 2. The van der Waals surface area contributed by atoms with Gasteiger partial charge in [0.2, 0.25) is 5.91 Å². The summed E-state index contributed by atoms with van der Waals surface area (Å²) in [5, 5.41) is 11.1. The molecule has 0 radical (unpaired) electrons. The van der Waals surface area contributed by atoms with Crippen LogP contribution in [0.5, 0.6) is 0 Å². The summed E-state index contributed by atoms with van der Waals surface area (Å²) in [4.78, 5) is 38.6. The molecule has 35 heavy (non-hydrogen) atoms. The Morgan fingerprint density at radius 1 is 1.03 bits per heavy atom. The molecule has 1 fully saturated rings. The molecule has 7 nitrogen and oxygen atoms in total. The average Bonchev–Trinajstić information content (AvgIpc) is 2.96.